The fourth-order valence-corrected chi connectivity index (χ4v) is 2.43. The molecule has 96 valence electrons. The van der Waals surface area contributed by atoms with Gasteiger partial charge < -0.3 is 10.1 Å². The zero-order valence-electron chi connectivity index (χ0n) is 11.5. The Labute approximate surface area is 101 Å². The van der Waals surface area contributed by atoms with Crippen molar-refractivity contribution in [1.82, 2.24) is 5.32 Å². The van der Waals surface area contributed by atoms with E-state index in [1.54, 1.807) is 0 Å². The average molecular weight is 227 g/mol. The standard InChI is InChI=1S/C14H29NO/c1-11(2)16-9-5-8-15-14-7-6-12(3)13(4)10-14/h11-15H,5-10H2,1-4H3. The van der Waals surface area contributed by atoms with Crippen LogP contribution >= 0.6 is 0 Å². The van der Waals surface area contributed by atoms with Gasteiger partial charge in [0.1, 0.15) is 0 Å². The average Bonchev–Trinajstić information content (AvgIpc) is 2.22. The van der Waals surface area contributed by atoms with Crippen LogP contribution in [-0.4, -0.2) is 25.3 Å². The van der Waals surface area contributed by atoms with Crippen LogP contribution in [0.5, 0.6) is 0 Å². The van der Waals surface area contributed by atoms with Crippen molar-refractivity contribution in [1.29, 1.82) is 0 Å². The Hall–Kier alpha value is -0.0800. The molecule has 0 aliphatic heterocycles. The third-order valence-electron chi connectivity index (χ3n) is 3.80. The Balaban J connectivity index is 2.01. The summed E-state index contributed by atoms with van der Waals surface area (Å²) < 4.78 is 5.53. The quantitative estimate of drug-likeness (QED) is 0.704. The number of ether oxygens (including phenoxy) is 1. The molecule has 0 bridgehead atoms. The van der Waals surface area contributed by atoms with Crippen molar-refractivity contribution in [3.8, 4) is 0 Å². The van der Waals surface area contributed by atoms with E-state index in [4.69, 9.17) is 4.74 Å². The second-order valence-corrected chi connectivity index (χ2v) is 5.69. The van der Waals surface area contributed by atoms with Gasteiger partial charge in [0, 0.05) is 12.6 Å². The molecule has 1 rings (SSSR count). The van der Waals surface area contributed by atoms with E-state index in [1.807, 2.05) is 0 Å². The smallest absolute Gasteiger partial charge is 0.0518 e. The highest BCUT2D eigenvalue weighted by atomic mass is 16.5. The van der Waals surface area contributed by atoms with E-state index in [-0.39, 0.29) is 0 Å². The van der Waals surface area contributed by atoms with Crippen LogP contribution in [0.1, 0.15) is 53.4 Å². The molecule has 1 N–H and O–H groups in total. The van der Waals surface area contributed by atoms with Crippen molar-refractivity contribution in [2.45, 2.75) is 65.5 Å². The van der Waals surface area contributed by atoms with E-state index in [2.05, 4.69) is 33.0 Å². The third-order valence-corrected chi connectivity index (χ3v) is 3.80. The Morgan fingerprint density at radius 1 is 1.19 bits per heavy atom. The van der Waals surface area contributed by atoms with Gasteiger partial charge >= 0.3 is 0 Å². The van der Waals surface area contributed by atoms with Crippen molar-refractivity contribution in [3.63, 3.8) is 0 Å². The van der Waals surface area contributed by atoms with Crippen LogP contribution in [0, 0.1) is 11.8 Å². The van der Waals surface area contributed by atoms with Gasteiger partial charge in [0.15, 0.2) is 0 Å². The maximum absolute atomic E-state index is 5.53. The van der Waals surface area contributed by atoms with Crippen molar-refractivity contribution in [2.75, 3.05) is 13.2 Å². The topological polar surface area (TPSA) is 21.3 Å². The minimum atomic E-state index is 0.371. The maximum Gasteiger partial charge on any atom is 0.0518 e. The zero-order valence-corrected chi connectivity index (χ0v) is 11.5. The van der Waals surface area contributed by atoms with Gasteiger partial charge in [0.2, 0.25) is 0 Å². The Bertz CT molecular complexity index is 182. The number of hydrogen-bond donors (Lipinski definition) is 1. The van der Waals surface area contributed by atoms with Crippen molar-refractivity contribution >= 4 is 0 Å². The van der Waals surface area contributed by atoms with Gasteiger partial charge in [-0.05, 0) is 57.9 Å². The highest BCUT2D eigenvalue weighted by Gasteiger charge is 2.23. The largest absolute Gasteiger partial charge is 0.379 e. The molecule has 1 saturated carbocycles. The lowest BCUT2D eigenvalue weighted by Crippen LogP contribution is -2.37. The van der Waals surface area contributed by atoms with Gasteiger partial charge in [0.05, 0.1) is 6.10 Å². The van der Waals surface area contributed by atoms with E-state index < -0.39 is 0 Å². The lowest BCUT2D eigenvalue weighted by Gasteiger charge is -2.32. The first-order valence-corrected chi connectivity index (χ1v) is 6.94. The lowest BCUT2D eigenvalue weighted by molar-refractivity contribution is 0.0761. The predicted molar refractivity (Wildman–Crippen MR) is 69.7 cm³/mol. The monoisotopic (exact) mass is 227 g/mol. The summed E-state index contributed by atoms with van der Waals surface area (Å²) in [5.74, 6) is 1.81. The minimum Gasteiger partial charge on any atom is -0.379 e. The normalized spacial score (nSPS) is 30.9. The third kappa shape index (κ3) is 5.31. The summed E-state index contributed by atoms with van der Waals surface area (Å²) in [7, 11) is 0. The lowest BCUT2D eigenvalue weighted by atomic mass is 9.79. The highest BCUT2D eigenvalue weighted by molar-refractivity contribution is 4.79. The molecule has 0 aromatic carbocycles. The molecule has 0 aromatic heterocycles. The van der Waals surface area contributed by atoms with Crippen LogP contribution in [0.15, 0.2) is 0 Å². The van der Waals surface area contributed by atoms with Crippen molar-refractivity contribution in [3.05, 3.63) is 0 Å². The summed E-state index contributed by atoms with van der Waals surface area (Å²) in [5.41, 5.74) is 0. The summed E-state index contributed by atoms with van der Waals surface area (Å²) in [6.45, 7) is 11.0. The molecule has 0 radical (unpaired) electrons. The Morgan fingerprint density at radius 3 is 2.56 bits per heavy atom. The molecule has 1 aliphatic carbocycles. The van der Waals surface area contributed by atoms with E-state index in [0.29, 0.717) is 6.10 Å². The summed E-state index contributed by atoms with van der Waals surface area (Å²) >= 11 is 0. The van der Waals surface area contributed by atoms with E-state index in [9.17, 15) is 0 Å². The molecule has 0 aromatic rings. The second kappa shape index (κ2) is 7.29. The van der Waals surface area contributed by atoms with Gasteiger partial charge in [0.25, 0.3) is 0 Å². The molecule has 0 spiro atoms. The molecule has 2 heteroatoms. The predicted octanol–water partition coefficient (Wildman–Crippen LogP) is 3.22. The number of rotatable bonds is 6. The molecular weight excluding hydrogens is 198 g/mol. The Kier molecular flexibility index (Phi) is 6.37. The zero-order chi connectivity index (χ0) is 12.0. The first-order chi connectivity index (χ1) is 7.59. The highest BCUT2D eigenvalue weighted by Crippen LogP contribution is 2.29. The molecule has 1 fully saturated rings. The first-order valence-electron chi connectivity index (χ1n) is 6.94. The maximum atomic E-state index is 5.53. The molecule has 16 heavy (non-hydrogen) atoms. The molecule has 0 saturated heterocycles. The van der Waals surface area contributed by atoms with E-state index in [0.717, 1.165) is 37.5 Å². The summed E-state index contributed by atoms with van der Waals surface area (Å²) in [6.07, 6.45) is 5.61. The van der Waals surface area contributed by atoms with Gasteiger partial charge in [-0.1, -0.05) is 13.8 Å². The molecule has 2 nitrogen and oxygen atoms in total. The molecule has 3 unspecified atom stereocenters. The van der Waals surface area contributed by atoms with Crippen LogP contribution in [0.4, 0.5) is 0 Å². The molecule has 3 atom stereocenters. The number of nitrogens with one attached hydrogen (secondary N) is 1. The van der Waals surface area contributed by atoms with Crippen LogP contribution in [0.2, 0.25) is 0 Å². The fourth-order valence-electron chi connectivity index (χ4n) is 2.43. The van der Waals surface area contributed by atoms with Gasteiger partial charge in [-0.15, -0.1) is 0 Å². The van der Waals surface area contributed by atoms with Crippen LogP contribution in [0.3, 0.4) is 0 Å². The van der Waals surface area contributed by atoms with Gasteiger partial charge in [-0.3, -0.25) is 0 Å². The van der Waals surface area contributed by atoms with Gasteiger partial charge in [-0.2, -0.15) is 0 Å². The molecule has 0 heterocycles. The van der Waals surface area contributed by atoms with Crippen molar-refractivity contribution < 1.29 is 4.74 Å². The summed E-state index contributed by atoms with van der Waals surface area (Å²) in [4.78, 5) is 0. The molecule has 0 amide bonds. The van der Waals surface area contributed by atoms with Crippen LogP contribution < -0.4 is 5.32 Å². The Morgan fingerprint density at radius 2 is 1.94 bits per heavy atom. The second-order valence-electron chi connectivity index (χ2n) is 5.69. The van der Waals surface area contributed by atoms with E-state index in [1.165, 1.54) is 19.3 Å². The first kappa shape index (κ1) is 14.0. The van der Waals surface area contributed by atoms with Crippen LogP contribution in [-0.2, 0) is 4.74 Å². The number of hydrogen-bond acceptors (Lipinski definition) is 2. The SMILES string of the molecule is CC(C)OCCCNC1CCC(C)C(C)C1. The van der Waals surface area contributed by atoms with Gasteiger partial charge in [-0.25, -0.2) is 0 Å². The summed E-state index contributed by atoms with van der Waals surface area (Å²) in [5, 5.41) is 3.67. The fraction of sp³-hybridized carbons (Fsp3) is 1.00. The van der Waals surface area contributed by atoms with E-state index >= 15 is 0 Å². The molecule has 1 aliphatic rings. The molecular formula is C14H29NO. The van der Waals surface area contributed by atoms with Crippen LogP contribution in [0.25, 0.3) is 0 Å². The summed E-state index contributed by atoms with van der Waals surface area (Å²) in [6, 6.07) is 0.755. The minimum absolute atomic E-state index is 0.371. The van der Waals surface area contributed by atoms with Crippen molar-refractivity contribution in [2.24, 2.45) is 11.8 Å².